The largest absolute Gasteiger partial charge is 0.481 e. The van der Waals surface area contributed by atoms with Crippen molar-refractivity contribution in [1.82, 2.24) is 15.0 Å². The molecule has 0 aliphatic heterocycles. The van der Waals surface area contributed by atoms with Crippen LogP contribution in [0.3, 0.4) is 0 Å². The molecule has 9 heteroatoms. The molecular weight excluding hydrogens is 364 g/mol. The molecule has 154 valence electrons. The van der Waals surface area contributed by atoms with Gasteiger partial charge in [-0.1, -0.05) is 0 Å². The Morgan fingerprint density at radius 2 is 1.82 bits per heavy atom. The molecule has 2 aromatic rings. The van der Waals surface area contributed by atoms with Gasteiger partial charge in [0.1, 0.15) is 6.29 Å². The van der Waals surface area contributed by atoms with Gasteiger partial charge in [0, 0.05) is 49.3 Å². The first-order chi connectivity index (χ1) is 13.3. The van der Waals surface area contributed by atoms with Crippen molar-refractivity contribution in [1.29, 1.82) is 0 Å². The zero-order valence-electron chi connectivity index (χ0n) is 16.4. The second-order valence-corrected chi connectivity index (χ2v) is 6.13. The van der Waals surface area contributed by atoms with E-state index in [4.69, 9.17) is 10.2 Å². The number of carboxylic acids is 2. The number of rotatable bonds is 10. The molecule has 0 bridgehead atoms. The summed E-state index contributed by atoms with van der Waals surface area (Å²) >= 11 is 0. The van der Waals surface area contributed by atoms with Crippen LogP contribution in [0.2, 0.25) is 0 Å². The molecule has 0 fully saturated rings. The number of nitrogens with one attached hydrogen (secondary N) is 2. The summed E-state index contributed by atoms with van der Waals surface area (Å²) in [5.41, 5.74) is 6.27. The molecule has 4 N–H and O–H groups in total. The zero-order chi connectivity index (χ0) is 21.1. The molecule has 0 amide bonds. The second kappa shape index (κ2) is 11.7. The Kier molecular flexibility index (Phi) is 9.69. The van der Waals surface area contributed by atoms with Crippen LogP contribution in [0, 0.1) is 0 Å². The van der Waals surface area contributed by atoms with Gasteiger partial charge in [0.2, 0.25) is 0 Å². The maximum Gasteiger partial charge on any atom is 0.305 e. The number of carbonyl (C=O) groups excluding carboxylic acids is 1. The summed E-state index contributed by atoms with van der Waals surface area (Å²) < 4.78 is 2.08. The van der Waals surface area contributed by atoms with Gasteiger partial charge in [0.25, 0.3) is 0 Å². The lowest BCUT2D eigenvalue weighted by Gasteiger charge is -2.17. The van der Waals surface area contributed by atoms with Crippen LogP contribution in [0.5, 0.6) is 0 Å². The van der Waals surface area contributed by atoms with E-state index in [0.717, 1.165) is 22.3 Å². The Bertz CT molecular complexity index is 803. The minimum Gasteiger partial charge on any atom is -0.481 e. The van der Waals surface area contributed by atoms with Gasteiger partial charge in [-0.2, -0.15) is 0 Å². The summed E-state index contributed by atoms with van der Waals surface area (Å²) in [5.74, 6) is -1.70. The van der Waals surface area contributed by atoms with Gasteiger partial charge in [-0.25, -0.2) is 5.01 Å². The first kappa shape index (κ1) is 23.1. The third-order valence-electron chi connectivity index (χ3n) is 4.08. The van der Waals surface area contributed by atoms with E-state index >= 15 is 0 Å². The number of aldehydes is 1. The van der Waals surface area contributed by atoms with Crippen molar-refractivity contribution in [3.63, 3.8) is 0 Å². The fraction of sp³-hybridized carbons (Fsp3) is 0.421. The van der Waals surface area contributed by atoms with Crippen LogP contribution >= 0.6 is 0 Å². The van der Waals surface area contributed by atoms with E-state index in [-0.39, 0.29) is 19.3 Å². The molecule has 0 saturated heterocycles. The lowest BCUT2D eigenvalue weighted by molar-refractivity contribution is -0.138. The van der Waals surface area contributed by atoms with E-state index in [1.165, 1.54) is 0 Å². The van der Waals surface area contributed by atoms with Gasteiger partial charge >= 0.3 is 11.9 Å². The summed E-state index contributed by atoms with van der Waals surface area (Å²) in [5, 5.41) is 23.0. The molecule has 0 atom stereocenters. The summed E-state index contributed by atoms with van der Waals surface area (Å²) in [4.78, 5) is 29.9. The summed E-state index contributed by atoms with van der Waals surface area (Å²) in [6.45, 7) is 1.18. The molecule has 0 unspecified atom stereocenters. The van der Waals surface area contributed by atoms with Crippen LogP contribution in [0.1, 0.15) is 25.0 Å². The van der Waals surface area contributed by atoms with Gasteiger partial charge < -0.3 is 24.9 Å². The molecule has 0 aliphatic carbocycles. The monoisotopic (exact) mass is 392 g/mol. The minimum atomic E-state index is -0.924. The maximum absolute atomic E-state index is 10.9. The minimum absolute atomic E-state index is 0.0521. The number of fused-ring (bicyclic) bond motifs is 1. The highest BCUT2D eigenvalue weighted by molar-refractivity contribution is 5.85. The van der Waals surface area contributed by atoms with Gasteiger partial charge in [-0.05, 0) is 31.3 Å². The molecule has 1 aromatic carbocycles. The Hall–Kier alpha value is -2.91. The average molecular weight is 392 g/mol. The van der Waals surface area contributed by atoms with Gasteiger partial charge in [-0.15, -0.1) is 0 Å². The maximum atomic E-state index is 10.9. The highest BCUT2D eigenvalue weighted by Crippen LogP contribution is 2.24. The number of anilines is 1. The fourth-order valence-electron chi connectivity index (χ4n) is 2.59. The van der Waals surface area contributed by atoms with Gasteiger partial charge in [0.15, 0.2) is 0 Å². The van der Waals surface area contributed by atoms with Crippen LogP contribution < -0.4 is 10.7 Å². The molecule has 0 aliphatic rings. The number of aliphatic carboxylic acids is 2. The average Bonchev–Trinajstić information content (AvgIpc) is 3.00. The van der Waals surface area contributed by atoms with Crippen LogP contribution in [-0.2, 0) is 27.5 Å². The summed E-state index contributed by atoms with van der Waals surface area (Å²) in [7, 11) is 5.71. The van der Waals surface area contributed by atoms with Gasteiger partial charge in [-0.3, -0.25) is 15.0 Å². The number of carbonyl (C=O) groups is 3. The quantitative estimate of drug-likeness (QED) is 0.356. The van der Waals surface area contributed by atoms with E-state index in [9.17, 15) is 14.4 Å². The molecule has 28 heavy (non-hydrogen) atoms. The Labute approximate surface area is 163 Å². The molecule has 2 rings (SSSR count). The molecular formula is C19H28N4O5. The third kappa shape index (κ3) is 7.37. The third-order valence-corrected chi connectivity index (χ3v) is 4.08. The van der Waals surface area contributed by atoms with Crippen molar-refractivity contribution in [2.75, 3.05) is 26.5 Å². The SMILES string of the molecule is CNc1ccc2c(c1)cc(CN(C)NC)n2CCC(=O)O.O=CCCC(=O)O. The fourth-order valence-corrected chi connectivity index (χ4v) is 2.59. The number of hydrazine groups is 1. The normalized spacial score (nSPS) is 10.4. The standard InChI is InChI=1S/C15H22N4O2.C4H6O3/c1-16-12-4-5-14-11(8-12)9-13(10-18(3)17-2)19(14)7-6-15(20)21;5-3-1-2-4(6)7/h4-5,8-9,16-17H,6-7,10H2,1-3H3,(H,20,21);3H,1-2H2,(H,6,7). The Balaban J connectivity index is 0.000000480. The van der Waals surface area contributed by atoms with E-state index in [1.807, 2.05) is 38.3 Å². The predicted molar refractivity (Wildman–Crippen MR) is 107 cm³/mol. The van der Waals surface area contributed by atoms with E-state index in [2.05, 4.69) is 27.4 Å². The topological polar surface area (TPSA) is 124 Å². The Morgan fingerprint density at radius 1 is 1.14 bits per heavy atom. The first-order valence-electron chi connectivity index (χ1n) is 8.88. The van der Waals surface area contributed by atoms with Crippen molar-refractivity contribution in [3.05, 3.63) is 30.0 Å². The molecule has 0 radical (unpaired) electrons. The molecule has 9 nitrogen and oxygen atoms in total. The van der Waals surface area contributed by atoms with Crippen molar-refractivity contribution in [2.45, 2.75) is 32.4 Å². The van der Waals surface area contributed by atoms with Crippen molar-refractivity contribution < 1.29 is 24.6 Å². The molecule has 0 saturated carbocycles. The number of hydrogen-bond acceptors (Lipinski definition) is 6. The molecule has 1 aromatic heterocycles. The van der Waals surface area contributed by atoms with Crippen LogP contribution in [0.4, 0.5) is 5.69 Å². The first-order valence-corrected chi connectivity index (χ1v) is 8.88. The van der Waals surface area contributed by atoms with Crippen molar-refractivity contribution in [3.8, 4) is 0 Å². The number of benzene rings is 1. The lowest BCUT2D eigenvalue weighted by atomic mass is 10.2. The summed E-state index contributed by atoms with van der Waals surface area (Å²) in [6.07, 6.45) is 0.779. The molecule has 0 spiro atoms. The van der Waals surface area contributed by atoms with Crippen molar-refractivity contribution in [2.24, 2.45) is 0 Å². The van der Waals surface area contributed by atoms with E-state index in [0.29, 0.717) is 19.4 Å². The highest BCUT2D eigenvalue weighted by atomic mass is 16.4. The number of hydrogen-bond donors (Lipinski definition) is 4. The highest BCUT2D eigenvalue weighted by Gasteiger charge is 2.12. The van der Waals surface area contributed by atoms with Crippen LogP contribution in [0.25, 0.3) is 10.9 Å². The number of aryl methyl sites for hydroxylation is 1. The van der Waals surface area contributed by atoms with E-state index < -0.39 is 11.9 Å². The van der Waals surface area contributed by atoms with Gasteiger partial charge in [0.05, 0.1) is 19.4 Å². The Morgan fingerprint density at radius 3 is 2.32 bits per heavy atom. The number of nitrogens with zero attached hydrogens (tertiary/aromatic N) is 2. The number of aromatic nitrogens is 1. The lowest BCUT2D eigenvalue weighted by Crippen LogP contribution is -2.31. The van der Waals surface area contributed by atoms with Crippen LogP contribution in [0.15, 0.2) is 24.3 Å². The van der Waals surface area contributed by atoms with Crippen LogP contribution in [-0.4, -0.2) is 59.2 Å². The summed E-state index contributed by atoms with van der Waals surface area (Å²) in [6, 6.07) is 8.23. The second-order valence-electron chi connectivity index (χ2n) is 6.13. The zero-order valence-corrected chi connectivity index (χ0v) is 16.4. The van der Waals surface area contributed by atoms with Crippen molar-refractivity contribution >= 4 is 34.8 Å². The number of carboxylic acid groups (broad SMARTS) is 2. The smallest absolute Gasteiger partial charge is 0.305 e. The van der Waals surface area contributed by atoms with E-state index in [1.54, 1.807) is 0 Å². The predicted octanol–water partition coefficient (Wildman–Crippen LogP) is 1.77. The molecule has 1 heterocycles.